The number of nitrogens with one attached hydrogen (secondary N) is 1. The third-order valence-corrected chi connectivity index (χ3v) is 1.13. The molecule has 0 aliphatic carbocycles. The molecule has 0 aromatic heterocycles. The molecule has 7 heteroatoms. The van der Waals surface area contributed by atoms with Crippen molar-refractivity contribution in [2.75, 3.05) is 0 Å². The second-order valence-corrected chi connectivity index (χ2v) is 2.35. The number of carboxylic acid groups (broad SMARTS) is 1. The van der Waals surface area contributed by atoms with E-state index in [4.69, 9.17) is 16.6 Å². The number of hydrazone groups is 1. The van der Waals surface area contributed by atoms with Crippen molar-refractivity contribution < 1.29 is 14.7 Å². The van der Waals surface area contributed by atoms with E-state index in [1.54, 1.807) is 0 Å². The Hall–Kier alpha value is -1.63. The summed E-state index contributed by atoms with van der Waals surface area (Å²) < 4.78 is 0. The van der Waals surface area contributed by atoms with Crippen LogP contribution >= 0.6 is 0 Å². The Morgan fingerprint density at radius 1 is 1.62 bits per heavy atom. The lowest BCUT2D eigenvalue weighted by Crippen LogP contribution is -2.28. The third kappa shape index (κ3) is 8.27. The number of nitrogens with zero attached hydrogens (tertiary/aromatic N) is 1. The Kier molecular flexibility index (Phi) is 5.20. The van der Waals surface area contributed by atoms with Crippen molar-refractivity contribution in [3.8, 4) is 0 Å². The standard InChI is InChI=1S/C6H12N4O3/c7-4(1-2-5(11)12)3-9-10-6(8)13/h3-4H,1-2,7H2,(H,11,12)(H3,8,10,13)/t4-/m0/s1. The molecule has 0 aromatic rings. The van der Waals surface area contributed by atoms with Crippen LogP contribution in [0.2, 0.25) is 0 Å². The Balaban J connectivity index is 3.60. The van der Waals surface area contributed by atoms with Crippen LogP contribution in [0, 0.1) is 0 Å². The van der Waals surface area contributed by atoms with Crippen LogP contribution in [0.15, 0.2) is 5.10 Å². The number of urea groups is 1. The molecule has 2 amide bonds. The average molecular weight is 188 g/mol. The van der Waals surface area contributed by atoms with Crippen LogP contribution in [0.25, 0.3) is 0 Å². The number of rotatable bonds is 5. The number of primary amides is 1. The molecule has 0 saturated carbocycles. The monoisotopic (exact) mass is 188 g/mol. The van der Waals surface area contributed by atoms with E-state index < -0.39 is 18.0 Å². The quantitative estimate of drug-likeness (QED) is 0.320. The molecule has 0 aromatic carbocycles. The maximum absolute atomic E-state index is 10.1. The Morgan fingerprint density at radius 2 is 2.23 bits per heavy atom. The highest BCUT2D eigenvalue weighted by atomic mass is 16.4. The largest absolute Gasteiger partial charge is 0.481 e. The molecule has 0 radical (unpaired) electrons. The van der Waals surface area contributed by atoms with Crippen LogP contribution in [0.3, 0.4) is 0 Å². The molecule has 0 unspecified atom stereocenters. The Morgan fingerprint density at radius 3 is 2.69 bits per heavy atom. The van der Waals surface area contributed by atoms with Gasteiger partial charge in [-0.15, -0.1) is 0 Å². The molecule has 0 spiro atoms. The van der Waals surface area contributed by atoms with Gasteiger partial charge in [0, 0.05) is 18.7 Å². The zero-order valence-corrected chi connectivity index (χ0v) is 6.93. The number of carboxylic acids is 1. The van der Waals surface area contributed by atoms with Gasteiger partial charge >= 0.3 is 12.0 Å². The highest BCUT2D eigenvalue weighted by Gasteiger charge is 2.02. The van der Waals surface area contributed by atoms with E-state index in [1.165, 1.54) is 6.21 Å². The van der Waals surface area contributed by atoms with Gasteiger partial charge in [-0.25, -0.2) is 10.2 Å². The maximum Gasteiger partial charge on any atom is 0.332 e. The first-order chi connectivity index (χ1) is 6.02. The second-order valence-electron chi connectivity index (χ2n) is 2.35. The number of nitrogens with two attached hydrogens (primary N) is 2. The van der Waals surface area contributed by atoms with Gasteiger partial charge < -0.3 is 16.6 Å². The fraction of sp³-hybridized carbons (Fsp3) is 0.500. The summed E-state index contributed by atoms with van der Waals surface area (Å²) in [6.45, 7) is 0. The molecular weight excluding hydrogens is 176 g/mol. The molecular formula is C6H12N4O3. The lowest BCUT2D eigenvalue weighted by molar-refractivity contribution is -0.137. The van der Waals surface area contributed by atoms with E-state index in [0.717, 1.165) is 0 Å². The smallest absolute Gasteiger partial charge is 0.332 e. The topological polar surface area (TPSA) is 131 Å². The summed E-state index contributed by atoms with van der Waals surface area (Å²) >= 11 is 0. The van der Waals surface area contributed by atoms with Crippen LogP contribution in [0.4, 0.5) is 4.79 Å². The van der Waals surface area contributed by atoms with Gasteiger partial charge in [-0.05, 0) is 6.42 Å². The highest BCUT2D eigenvalue weighted by Crippen LogP contribution is 1.91. The van der Waals surface area contributed by atoms with Gasteiger partial charge in [0.05, 0.1) is 0 Å². The number of carbonyl (C=O) groups excluding carboxylic acids is 1. The minimum Gasteiger partial charge on any atom is -0.481 e. The lowest BCUT2D eigenvalue weighted by Gasteiger charge is -2.01. The zero-order chi connectivity index (χ0) is 10.3. The Labute approximate surface area is 74.8 Å². The minimum atomic E-state index is -0.924. The minimum absolute atomic E-state index is 0.0379. The van der Waals surface area contributed by atoms with Crippen LogP contribution in [0.1, 0.15) is 12.8 Å². The molecule has 13 heavy (non-hydrogen) atoms. The van der Waals surface area contributed by atoms with Gasteiger partial charge in [0.25, 0.3) is 0 Å². The van der Waals surface area contributed by atoms with E-state index in [2.05, 4.69) is 5.10 Å². The number of hydrogen-bond acceptors (Lipinski definition) is 4. The fourth-order valence-corrected chi connectivity index (χ4v) is 0.561. The van der Waals surface area contributed by atoms with E-state index in [1.807, 2.05) is 5.43 Å². The van der Waals surface area contributed by atoms with Gasteiger partial charge in [-0.3, -0.25) is 4.79 Å². The van der Waals surface area contributed by atoms with Crippen LogP contribution in [-0.4, -0.2) is 29.4 Å². The fourth-order valence-electron chi connectivity index (χ4n) is 0.561. The van der Waals surface area contributed by atoms with Gasteiger partial charge in [0.1, 0.15) is 0 Å². The maximum atomic E-state index is 10.1. The number of carbonyl (C=O) groups is 2. The van der Waals surface area contributed by atoms with Crippen molar-refractivity contribution in [1.82, 2.24) is 5.43 Å². The average Bonchev–Trinajstić information content (AvgIpc) is 2.00. The molecule has 0 bridgehead atoms. The summed E-state index contributed by atoms with van der Waals surface area (Å²) in [7, 11) is 0. The summed E-state index contributed by atoms with van der Waals surface area (Å²) in [5.41, 5.74) is 12.1. The predicted octanol–water partition coefficient (Wildman–Crippen LogP) is -1.17. The van der Waals surface area contributed by atoms with Gasteiger partial charge in [-0.2, -0.15) is 5.10 Å². The van der Waals surface area contributed by atoms with Crippen molar-refractivity contribution in [1.29, 1.82) is 0 Å². The summed E-state index contributed by atoms with van der Waals surface area (Å²) in [6.07, 6.45) is 1.46. The number of hydrogen-bond donors (Lipinski definition) is 4. The first kappa shape index (κ1) is 11.4. The normalized spacial score (nSPS) is 12.7. The van der Waals surface area contributed by atoms with E-state index in [0.29, 0.717) is 0 Å². The van der Waals surface area contributed by atoms with Gasteiger partial charge in [0.2, 0.25) is 0 Å². The summed E-state index contributed by atoms with van der Waals surface area (Å²) in [6, 6.07) is -1.29. The highest BCUT2D eigenvalue weighted by molar-refractivity contribution is 5.74. The van der Waals surface area contributed by atoms with Crippen LogP contribution in [0.5, 0.6) is 0 Å². The molecule has 7 nitrogen and oxygen atoms in total. The van der Waals surface area contributed by atoms with Crippen molar-refractivity contribution in [3.05, 3.63) is 0 Å². The predicted molar refractivity (Wildman–Crippen MR) is 46.1 cm³/mol. The van der Waals surface area contributed by atoms with E-state index in [9.17, 15) is 9.59 Å². The van der Waals surface area contributed by atoms with Crippen molar-refractivity contribution >= 4 is 18.2 Å². The number of aliphatic carboxylic acids is 1. The molecule has 0 fully saturated rings. The molecule has 0 aliphatic heterocycles. The third-order valence-electron chi connectivity index (χ3n) is 1.13. The first-order valence-electron chi connectivity index (χ1n) is 3.58. The van der Waals surface area contributed by atoms with Crippen LogP contribution < -0.4 is 16.9 Å². The van der Waals surface area contributed by atoms with Gasteiger partial charge in [-0.1, -0.05) is 0 Å². The summed E-state index contributed by atoms with van der Waals surface area (Å²) in [5.74, 6) is -0.924. The summed E-state index contributed by atoms with van der Waals surface area (Å²) in [5, 5.41) is 11.7. The summed E-state index contributed by atoms with van der Waals surface area (Å²) in [4.78, 5) is 20.2. The first-order valence-corrected chi connectivity index (χ1v) is 3.58. The lowest BCUT2D eigenvalue weighted by atomic mass is 10.2. The van der Waals surface area contributed by atoms with Gasteiger partial charge in [0.15, 0.2) is 0 Å². The zero-order valence-electron chi connectivity index (χ0n) is 6.93. The molecule has 0 saturated heterocycles. The Bertz CT molecular complexity index is 216. The van der Waals surface area contributed by atoms with Crippen molar-refractivity contribution in [2.45, 2.75) is 18.9 Å². The van der Waals surface area contributed by atoms with E-state index in [-0.39, 0.29) is 12.8 Å². The SMILES string of the molecule is NC(=O)NN=C[C@@H](N)CCC(=O)O. The number of amides is 2. The molecule has 0 aliphatic rings. The molecule has 0 rings (SSSR count). The van der Waals surface area contributed by atoms with Crippen molar-refractivity contribution in [3.63, 3.8) is 0 Å². The molecule has 74 valence electrons. The second kappa shape index (κ2) is 5.95. The molecule has 6 N–H and O–H groups in total. The molecule has 1 atom stereocenters. The van der Waals surface area contributed by atoms with Crippen LogP contribution in [-0.2, 0) is 4.79 Å². The van der Waals surface area contributed by atoms with Crippen molar-refractivity contribution in [2.24, 2.45) is 16.6 Å². The molecule has 0 heterocycles. The van der Waals surface area contributed by atoms with E-state index >= 15 is 0 Å².